The van der Waals surface area contributed by atoms with E-state index in [2.05, 4.69) is 65.7 Å². The van der Waals surface area contributed by atoms with Crippen molar-refractivity contribution in [3.63, 3.8) is 0 Å². The van der Waals surface area contributed by atoms with Gasteiger partial charge in [0.25, 0.3) is 0 Å². The van der Waals surface area contributed by atoms with Crippen molar-refractivity contribution in [1.82, 2.24) is 10.2 Å². The van der Waals surface area contributed by atoms with E-state index in [-0.39, 0.29) is 18.2 Å². The lowest BCUT2D eigenvalue weighted by atomic mass is 9.92. The Balaban J connectivity index is 1.56. The molecule has 0 saturated carbocycles. The van der Waals surface area contributed by atoms with Crippen LogP contribution in [-0.4, -0.2) is 23.1 Å². The number of ether oxygens (including phenoxy) is 1. The minimum atomic E-state index is -0.572. The van der Waals surface area contributed by atoms with Crippen LogP contribution in [0.15, 0.2) is 140 Å². The second-order valence-electron chi connectivity index (χ2n) is 11.6. The molecule has 0 amide bonds. The predicted molar refractivity (Wildman–Crippen MR) is 178 cm³/mol. The fraction of sp³-hybridized carbons (Fsp3) is 0.250. The van der Waals surface area contributed by atoms with Crippen LogP contribution in [0.4, 0.5) is 8.78 Å². The molecule has 0 bridgehead atoms. The van der Waals surface area contributed by atoms with E-state index < -0.39 is 11.6 Å². The molecular weight excluding hydrogens is 562 g/mol. The summed E-state index contributed by atoms with van der Waals surface area (Å²) in [5.74, 6) is -1.14. The molecule has 5 heteroatoms. The highest BCUT2D eigenvalue weighted by Crippen LogP contribution is 2.26. The molecule has 1 unspecified atom stereocenters. The van der Waals surface area contributed by atoms with E-state index in [0.717, 1.165) is 29.2 Å². The minimum Gasteiger partial charge on any atom is -0.370 e. The van der Waals surface area contributed by atoms with E-state index in [9.17, 15) is 8.78 Å². The van der Waals surface area contributed by atoms with Gasteiger partial charge in [-0.15, -0.1) is 0 Å². The quantitative estimate of drug-likeness (QED) is 0.122. The molecule has 3 nitrogen and oxygen atoms in total. The fourth-order valence-corrected chi connectivity index (χ4v) is 5.95. The van der Waals surface area contributed by atoms with Gasteiger partial charge in [0.2, 0.25) is 0 Å². The van der Waals surface area contributed by atoms with E-state index in [1.807, 2.05) is 72.8 Å². The second-order valence-corrected chi connectivity index (χ2v) is 11.6. The van der Waals surface area contributed by atoms with Crippen LogP contribution in [0, 0.1) is 11.6 Å². The molecule has 0 spiro atoms. The average molecular weight is 605 g/mol. The Hall–Kier alpha value is -4.16. The molecule has 0 aliphatic carbocycles. The van der Waals surface area contributed by atoms with Crippen LogP contribution in [0.1, 0.15) is 41.2 Å². The van der Waals surface area contributed by atoms with Crippen molar-refractivity contribution < 1.29 is 13.5 Å². The normalized spacial score (nSPS) is 13.4. The van der Waals surface area contributed by atoms with Gasteiger partial charge in [0.15, 0.2) is 0 Å². The summed E-state index contributed by atoms with van der Waals surface area (Å²) in [6, 6.07) is 44.8. The number of hydrogen-bond acceptors (Lipinski definition) is 3. The number of benzene rings is 5. The van der Waals surface area contributed by atoms with Crippen LogP contribution in [-0.2, 0) is 37.4 Å². The van der Waals surface area contributed by atoms with Crippen molar-refractivity contribution in [2.24, 2.45) is 0 Å². The van der Waals surface area contributed by atoms with Crippen LogP contribution in [0.3, 0.4) is 0 Å². The first-order valence-corrected chi connectivity index (χ1v) is 15.8. The van der Waals surface area contributed by atoms with Gasteiger partial charge < -0.3 is 10.1 Å². The first kappa shape index (κ1) is 32.2. The van der Waals surface area contributed by atoms with Crippen LogP contribution in [0.5, 0.6) is 0 Å². The van der Waals surface area contributed by atoms with Gasteiger partial charge in [-0.25, -0.2) is 8.78 Å². The zero-order chi connectivity index (χ0) is 31.3. The SMILES string of the molecule is CCC(NCc1ccccc1)[C@@H](OCc1ccccc1)[C@H](Cc1cc(F)cc(F)c1)N(Cc1ccccc1)Cc1ccccc1. The van der Waals surface area contributed by atoms with E-state index >= 15 is 0 Å². The van der Waals surface area contributed by atoms with Gasteiger partial charge in [0.05, 0.1) is 12.7 Å². The maximum Gasteiger partial charge on any atom is 0.126 e. The third-order valence-corrected chi connectivity index (χ3v) is 8.21. The zero-order valence-corrected chi connectivity index (χ0v) is 25.9. The summed E-state index contributed by atoms with van der Waals surface area (Å²) >= 11 is 0. The van der Waals surface area contributed by atoms with E-state index in [0.29, 0.717) is 38.2 Å². The molecule has 5 aromatic carbocycles. The zero-order valence-electron chi connectivity index (χ0n) is 25.9. The van der Waals surface area contributed by atoms with Crippen molar-refractivity contribution >= 4 is 0 Å². The molecule has 0 fully saturated rings. The Morgan fingerprint density at radius 2 is 1.07 bits per heavy atom. The van der Waals surface area contributed by atoms with Crippen LogP contribution < -0.4 is 5.32 Å². The highest BCUT2D eigenvalue weighted by Gasteiger charge is 2.34. The minimum absolute atomic E-state index is 0.0358. The number of nitrogens with one attached hydrogen (secondary N) is 1. The van der Waals surface area contributed by atoms with Crippen molar-refractivity contribution in [2.75, 3.05) is 0 Å². The van der Waals surface area contributed by atoms with Gasteiger partial charge in [0.1, 0.15) is 11.6 Å². The maximum atomic E-state index is 14.6. The largest absolute Gasteiger partial charge is 0.370 e. The van der Waals surface area contributed by atoms with Gasteiger partial charge in [-0.1, -0.05) is 128 Å². The van der Waals surface area contributed by atoms with Gasteiger partial charge in [-0.3, -0.25) is 4.90 Å². The van der Waals surface area contributed by atoms with Crippen LogP contribution in [0.25, 0.3) is 0 Å². The summed E-state index contributed by atoms with van der Waals surface area (Å²) in [7, 11) is 0. The summed E-state index contributed by atoms with van der Waals surface area (Å²) in [4.78, 5) is 2.41. The molecule has 1 N–H and O–H groups in total. The molecule has 5 rings (SSSR count). The molecule has 232 valence electrons. The molecule has 0 aliphatic rings. The Labute approximate surface area is 266 Å². The number of hydrogen-bond donors (Lipinski definition) is 1. The third-order valence-electron chi connectivity index (χ3n) is 8.21. The van der Waals surface area contributed by atoms with E-state index in [1.165, 1.54) is 17.7 Å². The Kier molecular flexibility index (Phi) is 12.0. The van der Waals surface area contributed by atoms with Gasteiger partial charge >= 0.3 is 0 Å². The van der Waals surface area contributed by atoms with Crippen LogP contribution in [0.2, 0.25) is 0 Å². The van der Waals surface area contributed by atoms with Crippen molar-refractivity contribution in [2.45, 2.75) is 64.2 Å². The third kappa shape index (κ3) is 9.92. The standard InChI is InChI=1S/C40H42F2N2O/c1-2-38(43-27-31-15-7-3-8-16-31)40(45-30-34-21-13-6-14-22-34)39(25-35-23-36(41)26-37(42)24-35)44(28-32-17-9-4-10-18-32)29-33-19-11-5-12-20-33/h3-24,26,38-40,43H,2,25,27-30H2,1H3/t38?,39-,40+/m0/s1. The van der Waals surface area contributed by atoms with E-state index in [1.54, 1.807) is 0 Å². The van der Waals surface area contributed by atoms with E-state index in [4.69, 9.17) is 4.74 Å². The Morgan fingerprint density at radius 1 is 0.600 bits per heavy atom. The number of rotatable bonds is 16. The topological polar surface area (TPSA) is 24.5 Å². The highest BCUT2D eigenvalue weighted by atomic mass is 19.1. The van der Waals surface area contributed by atoms with Gasteiger partial charge in [0, 0.05) is 37.8 Å². The van der Waals surface area contributed by atoms with Gasteiger partial charge in [-0.2, -0.15) is 0 Å². The van der Waals surface area contributed by atoms with Crippen molar-refractivity contribution in [3.8, 4) is 0 Å². The molecule has 3 atom stereocenters. The lowest BCUT2D eigenvalue weighted by Gasteiger charge is -2.41. The average Bonchev–Trinajstić information content (AvgIpc) is 3.06. The maximum absolute atomic E-state index is 14.6. The summed E-state index contributed by atoms with van der Waals surface area (Å²) in [5, 5.41) is 3.79. The first-order chi connectivity index (χ1) is 22.1. The predicted octanol–water partition coefficient (Wildman–Crippen LogP) is 8.73. The van der Waals surface area contributed by atoms with Gasteiger partial charge in [-0.05, 0) is 52.8 Å². The summed E-state index contributed by atoms with van der Waals surface area (Å²) < 4.78 is 36.1. The summed E-state index contributed by atoms with van der Waals surface area (Å²) in [5.41, 5.74) is 5.20. The fourth-order valence-electron chi connectivity index (χ4n) is 5.95. The molecule has 0 aromatic heterocycles. The Bertz CT molecular complexity index is 1490. The van der Waals surface area contributed by atoms with Crippen molar-refractivity contribution in [1.29, 1.82) is 0 Å². The second kappa shape index (κ2) is 16.8. The monoisotopic (exact) mass is 604 g/mol. The van der Waals surface area contributed by atoms with Crippen molar-refractivity contribution in [3.05, 3.63) is 179 Å². The molecule has 0 aliphatic heterocycles. The Morgan fingerprint density at radius 3 is 1.56 bits per heavy atom. The highest BCUT2D eigenvalue weighted by molar-refractivity contribution is 5.22. The van der Waals surface area contributed by atoms with Crippen LogP contribution >= 0.6 is 0 Å². The molecule has 0 heterocycles. The first-order valence-electron chi connectivity index (χ1n) is 15.8. The molecule has 45 heavy (non-hydrogen) atoms. The molecule has 5 aromatic rings. The smallest absolute Gasteiger partial charge is 0.126 e. The number of halogens is 2. The molecular formula is C40H42F2N2O. The molecule has 0 radical (unpaired) electrons. The lowest BCUT2D eigenvalue weighted by molar-refractivity contribution is -0.0505. The summed E-state index contributed by atoms with van der Waals surface area (Å²) in [6.45, 7) is 4.58. The summed E-state index contributed by atoms with van der Waals surface area (Å²) in [6.07, 6.45) is 0.917. The lowest BCUT2D eigenvalue weighted by Crippen LogP contribution is -2.54. The number of nitrogens with zero attached hydrogens (tertiary/aromatic N) is 1. The molecule has 0 saturated heterocycles.